The fraction of sp³-hybridized carbons (Fsp3) is 0.375. The van der Waals surface area contributed by atoms with Gasteiger partial charge in [-0.15, -0.1) is 5.10 Å². The molecule has 0 unspecified atom stereocenters. The van der Waals surface area contributed by atoms with E-state index in [0.29, 0.717) is 48.8 Å². The standard InChI is InChI=1S/C32H33F3N8O5/c1-3-23-26(40-12-14-41(15-13-40)29(46)25-27(45)19(2)8-11-36-25)30(47)43-31(38-28(39-43)20-9-16-48-17-10-20)42(23)18-24(44)37-22-6-4-21(5-7-22)32(33,34)35/h4-9,11,45H,3,10,12-18H2,1-2H3,(H,37,44). The zero-order valence-electron chi connectivity index (χ0n) is 26.3. The number of halogens is 3. The zero-order valence-corrected chi connectivity index (χ0v) is 26.3. The van der Waals surface area contributed by atoms with Crippen LogP contribution in [0.5, 0.6) is 5.75 Å². The number of nitrogens with one attached hydrogen (secondary N) is 1. The normalized spacial score (nSPS) is 15.5. The molecule has 0 bridgehead atoms. The molecule has 5 heterocycles. The highest BCUT2D eigenvalue weighted by atomic mass is 19.4. The van der Waals surface area contributed by atoms with Crippen LogP contribution in [-0.2, 0) is 28.7 Å². The minimum atomic E-state index is -4.51. The number of benzene rings is 1. The molecule has 0 atom stereocenters. The Kier molecular flexibility index (Phi) is 8.92. The maximum absolute atomic E-state index is 14.1. The predicted octanol–water partition coefficient (Wildman–Crippen LogP) is 3.29. The maximum atomic E-state index is 14.1. The lowest BCUT2D eigenvalue weighted by Gasteiger charge is -2.36. The van der Waals surface area contributed by atoms with Crippen LogP contribution in [-0.4, -0.2) is 85.4 Å². The van der Waals surface area contributed by atoms with Crippen molar-refractivity contribution in [1.82, 2.24) is 29.0 Å². The molecule has 4 aromatic rings. The van der Waals surface area contributed by atoms with Crippen LogP contribution < -0.4 is 15.8 Å². The van der Waals surface area contributed by atoms with E-state index in [4.69, 9.17) is 4.74 Å². The number of piperazine rings is 1. The highest BCUT2D eigenvalue weighted by Gasteiger charge is 2.32. The van der Waals surface area contributed by atoms with E-state index in [9.17, 15) is 32.7 Å². The quantitative estimate of drug-likeness (QED) is 0.303. The van der Waals surface area contributed by atoms with E-state index in [2.05, 4.69) is 20.4 Å². The molecular weight excluding hydrogens is 633 g/mol. The van der Waals surface area contributed by atoms with E-state index in [1.54, 1.807) is 22.5 Å². The number of hydrogen-bond acceptors (Lipinski definition) is 9. The van der Waals surface area contributed by atoms with Crippen LogP contribution in [0.15, 0.2) is 47.4 Å². The number of aryl methyl sites for hydroxylation is 1. The summed E-state index contributed by atoms with van der Waals surface area (Å²) in [4.78, 5) is 52.8. The Balaban J connectivity index is 1.33. The van der Waals surface area contributed by atoms with E-state index >= 15 is 0 Å². The molecule has 6 rings (SSSR count). The zero-order chi connectivity index (χ0) is 34.2. The number of alkyl halides is 3. The van der Waals surface area contributed by atoms with Crippen LogP contribution in [0.4, 0.5) is 24.5 Å². The molecule has 1 fully saturated rings. The first kappa shape index (κ1) is 32.7. The van der Waals surface area contributed by atoms with Gasteiger partial charge in [0.15, 0.2) is 11.5 Å². The average Bonchev–Trinajstić information content (AvgIpc) is 3.53. The van der Waals surface area contributed by atoms with Crippen LogP contribution in [0.3, 0.4) is 0 Å². The lowest BCUT2D eigenvalue weighted by molar-refractivity contribution is -0.137. The van der Waals surface area contributed by atoms with Crippen molar-refractivity contribution in [2.24, 2.45) is 0 Å². The van der Waals surface area contributed by atoms with Crippen molar-refractivity contribution in [3.63, 3.8) is 0 Å². The summed E-state index contributed by atoms with van der Waals surface area (Å²) >= 11 is 0. The molecule has 2 aliphatic heterocycles. The van der Waals surface area contributed by atoms with E-state index < -0.39 is 29.1 Å². The number of rotatable bonds is 7. The van der Waals surface area contributed by atoms with Crippen LogP contribution in [0.2, 0.25) is 0 Å². The summed E-state index contributed by atoms with van der Waals surface area (Å²) in [7, 11) is 0. The van der Waals surface area contributed by atoms with Crippen molar-refractivity contribution < 1.29 is 32.6 Å². The second-order valence-corrected chi connectivity index (χ2v) is 11.5. The summed E-state index contributed by atoms with van der Waals surface area (Å²) in [6.45, 7) is 5.05. The molecule has 48 heavy (non-hydrogen) atoms. The first-order valence-corrected chi connectivity index (χ1v) is 15.4. The molecule has 1 aromatic carbocycles. The Morgan fingerprint density at radius 2 is 1.81 bits per heavy atom. The van der Waals surface area contributed by atoms with Crippen LogP contribution in [0, 0.1) is 6.92 Å². The topological polar surface area (TPSA) is 147 Å². The van der Waals surface area contributed by atoms with E-state index in [0.717, 1.165) is 22.2 Å². The summed E-state index contributed by atoms with van der Waals surface area (Å²) in [5.41, 5.74) is 0.981. The maximum Gasteiger partial charge on any atom is 0.416 e. The van der Waals surface area contributed by atoms with Gasteiger partial charge in [0, 0.05) is 38.1 Å². The van der Waals surface area contributed by atoms with Crippen molar-refractivity contribution in [2.45, 2.75) is 39.4 Å². The molecule has 2 amide bonds. The van der Waals surface area contributed by atoms with E-state index in [-0.39, 0.29) is 55.6 Å². The van der Waals surface area contributed by atoms with Gasteiger partial charge in [-0.3, -0.25) is 14.4 Å². The van der Waals surface area contributed by atoms with Crippen molar-refractivity contribution in [2.75, 3.05) is 49.6 Å². The number of aromatic nitrogens is 5. The third-order valence-electron chi connectivity index (χ3n) is 8.42. The molecule has 252 valence electrons. The molecule has 2 aliphatic rings. The number of aromatic hydroxyl groups is 1. The third-order valence-corrected chi connectivity index (χ3v) is 8.42. The Bertz CT molecular complexity index is 1960. The van der Waals surface area contributed by atoms with Crippen LogP contribution >= 0.6 is 0 Å². The minimum absolute atomic E-state index is 0.0434. The molecule has 2 N–H and O–H groups in total. The van der Waals surface area contributed by atoms with Gasteiger partial charge in [0.25, 0.3) is 11.5 Å². The average molecular weight is 667 g/mol. The number of carbonyl (C=O) groups excluding carboxylic acids is 2. The van der Waals surface area contributed by atoms with Gasteiger partial charge in [-0.25, -0.2) is 4.98 Å². The summed E-state index contributed by atoms with van der Waals surface area (Å²) in [6, 6.07) is 5.72. The molecule has 3 aromatic heterocycles. The van der Waals surface area contributed by atoms with Gasteiger partial charge in [-0.2, -0.15) is 22.7 Å². The smallest absolute Gasteiger partial charge is 0.416 e. The Morgan fingerprint density at radius 3 is 2.46 bits per heavy atom. The minimum Gasteiger partial charge on any atom is -0.505 e. The molecule has 0 radical (unpaired) electrons. The molecule has 0 spiro atoms. The molecule has 16 heteroatoms. The lowest BCUT2D eigenvalue weighted by Crippen LogP contribution is -2.51. The summed E-state index contributed by atoms with van der Waals surface area (Å²) in [5, 5.41) is 17.6. The number of pyridine rings is 1. The van der Waals surface area contributed by atoms with Crippen molar-refractivity contribution in [1.29, 1.82) is 0 Å². The van der Waals surface area contributed by atoms with Gasteiger partial charge in [-0.1, -0.05) is 13.0 Å². The molecule has 13 nitrogen and oxygen atoms in total. The van der Waals surface area contributed by atoms with Crippen LogP contribution in [0.25, 0.3) is 11.4 Å². The van der Waals surface area contributed by atoms with Crippen molar-refractivity contribution >= 4 is 34.5 Å². The fourth-order valence-corrected chi connectivity index (χ4v) is 5.87. The second-order valence-electron chi connectivity index (χ2n) is 11.5. The summed E-state index contributed by atoms with van der Waals surface area (Å²) < 4.78 is 47.3. The number of anilines is 2. The number of amides is 2. The highest BCUT2D eigenvalue weighted by Crippen LogP contribution is 2.30. The summed E-state index contributed by atoms with van der Waals surface area (Å²) in [5.74, 6) is -0.683. The van der Waals surface area contributed by atoms with E-state index in [1.165, 1.54) is 18.3 Å². The number of nitrogens with zero attached hydrogens (tertiary/aromatic N) is 7. The Labute approximate surface area is 272 Å². The van der Waals surface area contributed by atoms with E-state index in [1.807, 2.05) is 17.9 Å². The van der Waals surface area contributed by atoms with Crippen LogP contribution in [0.1, 0.15) is 46.5 Å². The third kappa shape index (κ3) is 6.34. The Morgan fingerprint density at radius 1 is 1.08 bits per heavy atom. The summed E-state index contributed by atoms with van der Waals surface area (Å²) in [6.07, 6.45) is -0.356. The highest BCUT2D eigenvalue weighted by molar-refractivity contribution is 5.95. The van der Waals surface area contributed by atoms with Gasteiger partial charge in [-0.05, 0) is 61.2 Å². The van der Waals surface area contributed by atoms with Gasteiger partial charge in [0.1, 0.15) is 18.0 Å². The van der Waals surface area contributed by atoms with Gasteiger partial charge < -0.3 is 29.5 Å². The lowest BCUT2D eigenvalue weighted by atomic mass is 10.1. The SMILES string of the molecule is CCc1c(N2CCN(C(=O)c3nccc(C)c3O)CC2)c(=O)n2nc(C3=CCOCC3)nc2n1CC(=O)Nc1ccc(C(F)(F)F)cc1. The number of hydrogen-bond donors (Lipinski definition) is 2. The van der Waals surface area contributed by atoms with Gasteiger partial charge >= 0.3 is 6.18 Å². The second kappa shape index (κ2) is 13.1. The number of fused-ring (bicyclic) bond motifs is 1. The first-order valence-electron chi connectivity index (χ1n) is 15.4. The van der Waals surface area contributed by atoms with Crippen molar-refractivity contribution in [3.05, 3.63) is 81.3 Å². The number of ether oxygens (including phenoxy) is 1. The molecule has 1 saturated heterocycles. The predicted molar refractivity (Wildman–Crippen MR) is 169 cm³/mol. The first-order chi connectivity index (χ1) is 23.0. The van der Waals surface area contributed by atoms with Crippen molar-refractivity contribution in [3.8, 4) is 5.75 Å². The van der Waals surface area contributed by atoms with Gasteiger partial charge in [0.05, 0.1) is 24.5 Å². The fourth-order valence-electron chi connectivity index (χ4n) is 5.87. The molecular formula is C32H33F3N8O5. The number of carbonyl (C=O) groups is 2. The molecule has 0 saturated carbocycles. The Hall–Kier alpha value is -5.25. The molecule has 0 aliphatic carbocycles. The monoisotopic (exact) mass is 666 g/mol. The van der Waals surface area contributed by atoms with Gasteiger partial charge in [0.2, 0.25) is 11.7 Å². The largest absolute Gasteiger partial charge is 0.505 e.